The zero-order chi connectivity index (χ0) is 13.7. The zero-order valence-electron chi connectivity index (χ0n) is 10.2. The number of hydrogen-bond acceptors (Lipinski definition) is 7. The number of amides is 1. The Hall–Kier alpha value is -0.770. The molecule has 0 aromatic carbocycles. The fourth-order valence-electron chi connectivity index (χ4n) is 1.80. The van der Waals surface area contributed by atoms with Crippen molar-refractivity contribution in [2.24, 2.45) is 5.73 Å². The first kappa shape index (κ1) is 15.3. The summed E-state index contributed by atoms with van der Waals surface area (Å²) in [5.41, 5.74) is 5.29. The number of carbonyl (C=O) groups excluding carboxylic acids is 1. The molecule has 1 heterocycles. The Morgan fingerprint density at radius 3 is 2.61 bits per heavy atom. The number of hydrogen-bond donors (Lipinski definition) is 5. The molecule has 0 aliphatic carbocycles. The molecule has 1 amide bonds. The van der Waals surface area contributed by atoms with Crippen molar-refractivity contribution < 1.29 is 29.6 Å². The summed E-state index contributed by atoms with van der Waals surface area (Å²) in [6, 6.07) is -0.910. The van der Waals surface area contributed by atoms with Crippen LogP contribution in [0.3, 0.4) is 0 Å². The number of nitrogens with one attached hydrogen (secondary N) is 1. The molecule has 0 radical (unpaired) electrons. The molecule has 0 aromatic heterocycles. The third-order valence-corrected chi connectivity index (χ3v) is 2.65. The maximum atomic E-state index is 11.0. The fraction of sp³-hybridized carbons (Fsp3) is 0.900. The molecule has 1 saturated heterocycles. The molecule has 1 aliphatic rings. The fourth-order valence-corrected chi connectivity index (χ4v) is 1.80. The van der Waals surface area contributed by atoms with Crippen LogP contribution in [0.2, 0.25) is 0 Å². The second-order valence-corrected chi connectivity index (χ2v) is 4.09. The van der Waals surface area contributed by atoms with Crippen molar-refractivity contribution in [2.45, 2.75) is 37.6 Å². The van der Waals surface area contributed by atoms with Gasteiger partial charge in [-0.05, 0) is 0 Å². The number of rotatable bonds is 5. The molecule has 0 spiro atoms. The first-order chi connectivity index (χ1) is 8.51. The lowest BCUT2D eigenvalue weighted by Gasteiger charge is -2.42. The van der Waals surface area contributed by atoms with E-state index < -0.39 is 43.2 Å². The van der Waals surface area contributed by atoms with E-state index in [1.54, 1.807) is 0 Å². The van der Waals surface area contributed by atoms with Crippen molar-refractivity contribution in [1.29, 1.82) is 0 Å². The quantitative estimate of drug-likeness (QED) is 0.355. The summed E-state index contributed by atoms with van der Waals surface area (Å²) in [4.78, 5) is 11.0. The highest BCUT2D eigenvalue weighted by Crippen LogP contribution is 2.21. The average Bonchev–Trinajstić information content (AvgIpc) is 2.33. The van der Waals surface area contributed by atoms with Crippen LogP contribution in [0.15, 0.2) is 0 Å². The van der Waals surface area contributed by atoms with Gasteiger partial charge in [-0.15, -0.1) is 0 Å². The van der Waals surface area contributed by atoms with Crippen LogP contribution in [0.25, 0.3) is 0 Å². The van der Waals surface area contributed by atoms with Crippen molar-refractivity contribution in [3.05, 3.63) is 0 Å². The van der Waals surface area contributed by atoms with Gasteiger partial charge in [0.2, 0.25) is 5.91 Å². The van der Waals surface area contributed by atoms with Gasteiger partial charge in [0.1, 0.15) is 24.4 Å². The van der Waals surface area contributed by atoms with Crippen molar-refractivity contribution >= 4 is 5.91 Å². The summed E-state index contributed by atoms with van der Waals surface area (Å²) in [6.45, 7) is 1.22. The highest BCUT2D eigenvalue weighted by atomic mass is 16.7. The summed E-state index contributed by atoms with van der Waals surface area (Å²) in [6.07, 6.45) is -4.52. The van der Waals surface area contributed by atoms with Crippen molar-refractivity contribution in [3.63, 3.8) is 0 Å². The summed E-state index contributed by atoms with van der Waals surface area (Å²) < 4.78 is 10.5. The largest absolute Gasteiger partial charge is 0.394 e. The summed E-state index contributed by atoms with van der Waals surface area (Å²) in [5, 5.41) is 31.1. The van der Waals surface area contributed by atoms with Crippen LogP contribution in [-0.4, -0.2) is 71.6 Å². The van der Waals surface area contributed by atoms with Crippen LogP contribution in [0, 0.1) is 0 Å². The van der Waals surface area contributed by atoms with Gasteiger partial charge >= 0.3 is 0 Å². The summed E-state index contributed by atoms with van der Waals surface area (Å²) in [5.74, 6) is -0.390. The van der Waals surface area contributed by atoms with Gasteiger partial charge in [-0.2, -0.15) is 0 Å². The van der Waals surface area contributed by atoms with Gasteiger partial charge in [0.05, 0.1) is 13.2 Å². The van der Waals surface area contributed by atoms with Crippen LogP contribution in [0.4, 0.5) is 0 Å². The van der Waals surface area contributed by atoms with Gasteiger partial charge in [0.15, 0.2) is 6.29 Å². The molecule has 1 aliphatic heterocycles. The van der Waals surface area contributed by atoms with Gasteiger partial charge < -0.3 is 35.8 Å². The van der Waals surface area contributed by atoms with Crippen molar-refractivity contribution in [1.82, 2.24) is 5.32 Å². The molecule has 18 heavy (non-hydrogen) atoms. The molecule has 5 atom stereocenters. The number of aliphatic hydroxyl groups is 3. The van der Waals surface area contributed by atoms with E-state index in [1.165, 1.54) is 6.92 Å². The van der Waals surface area contributed by atoms with Crippen LogP contribution in [-0.2, 0) is 14.3 Å². The Morgan fingerprint density at radius 1 is 1.44 bits per heavy atom. The minimum absolute atomic E-state index is 0.168. The second-order valence-electron chi connectivity index (χ2n) is 4.09. The number of aliphatic hydroxyl groups excluding tert-OH is 3. The van der Waals surface area contributed by atoms with Gasteiger partial charge in [-0.1, -0.05) is 0 Å². The molecule has 1 rings (SSSR count). The number of ether oxygens (including phenoxy) is 2. The lowest BCUT2D eigenvalue weighted by atomic mass is 9.97. The molecule has 8 nitrogen and oxygen atoms in total. The maximum Gasteiger partial charge on any atom is 0.217 e. The topological polar surface area (TPSA) is 134 Å². The van der Waals surface area contributed by atoms with E-state index in [-0.39, 0.29) is 13.2 Å². The monoisotopic (exact) mass is 264 g/mol. The first-order valence-corrected chi connectivity index (χ1v) is 5.72. The van der Waals surface area contributed by atoms with E-state index in [1.807, 2.05) is 0 Å². The van der Waals surface area contributed by atoms with E-state index in [0.717, 1.165) is 0 Å². The number of carbonyl (C=O) groups is 1. The molecule has 0 bridgehead atoms. The van der Waals surface area contributed by atoms with Crippen molar-refractivity contribution in [2.75, 3.05) is 19.8 Å². The van der Waals surface area contributed by atoms with E-state index in [2.05, 4.69) is 5.32 Å². The molecule has 106 valence electrons. The molecular formula is C10H20N2O6. The molecule has 0 unspecified atom stereocenters. The van der Waals surface area contributed by atoms with E-state index >= 15 is 0 Å². The second kappa shape index (κ2) is 6.98. The normalized spacial score (nSPS) is 36.4. The average molecular weight is 264 g/mol. The lowest BCUT2D eigenvalue weighted by molar-refractivity contribution is -0.269. The summed E-state index contributed by atoms with van der Waals surface area (Å²) >= 11 is 0. The Kier molecular flexibility index (Phi) is 5.93. The zero-order valence-corrected chi connectivity index (χ0v) is 10.2. The van der Waals surface area contributed by atoms with Crippen LogP contribution in [0.1, 0.15) is 6.92 Å². The molecule has 6 N–H and O–H groups in total. The maximum absolute atomic E-state index is 11.0. The first-order valence-electron chi connectivity index (χ1n) is 5.72. The van der Waals surface area contributed by atoms with Gasteiger partial charge in [0, 0.05) is 13.5 Å². The minimum Gasteiger partial charge on any atom is -0.394 e. The van der Waals surface area contributed by atoms with E-state index in [9.17, 15) is 15.0 Å². The Labute approximate surface area is 105 Å². The molecule has 0 saturated carbocycles. The Morgan fingerprint density at radius 2 is 2.11 bits per heavy atom. The predicted octanol–water partition coefficient (Wildman–Crippen LogP) is -3.09. The third-order valence-electron chi connectivity index (χ3n) is 2.65. The van der Waals surface area contributed by atoms with Gasteiger partial charge in [0.25, 0.3) is 0 Å². The highest BCUT2D eigenvalue weighted by molar-refractivity contribution is 5.73. The lowest BCUT2D eigenvalue weighted by Crippen LogP contribution is -2.64. The predicted molar refractivity (Wildman–Crippen MR) is 60.4 cm³/mol. The summed E-state index contributed by atoms with van der Waals surface area (Å²) in [7, 11) is 0. The van der Waals surface area contributed by atoms with Crippen LogP contribution < -0.4 is 11.1 Å². The van der Waals surface area contributed by atoms with Crippen molar-refractivity contribution in [3.8, 4) is 0 Å². The Balaban J connectivity index is 2.76. The van der Waals surface area contributed by atoms with Gasteiger partial charge in [-0.3, -0.25) is 4.79 Å². The Bertz CT molecular complexity index is 277. The van der Waals surface area contributed by atoms with E-state index in [0.29, 0.717) is 0 Å². The highest BCUT2D eigenvalue weighted by Gasteiger charge is 2.45. The third kappa shape index (κ3) is 3.61. The number of nitrogens with two attached hydrogens (primary N) is 1. The SMILES string of the molecule is CC(=O)N[C@H]1[C@H](OCCN)O[C@H](CO)[C@H](O)[C@@H]1O. The standard InChI is InChI=1S/C10H20N2O6/c1-5(14)12-7-9(16)8(15)6(4-13)18-10(7)17-3-2-11/h6-10,13,15-16H,2-4,11H2,1H3,(H,12,14)/t6-,7-,8+,9-,10-/m1/s1. The van der Waals surface area contributed by atoms with Crippen LogP contribution in [0.5, 0.6) is 0 Å². The van der Waals surface area contributed by atoms with E-state index in [4.69, 9.17) is 20.3 Å². The minimum atomic E-state index is -1.30. The molecular weight excluding hydrogens is 244 g/mol. The molecule has 8 heteroatoms. The smallest absolute Gasteiger partial charge is 0.217 e. The molecule has 0 aromatic rings. The van der Waals surface area contributed by atoms with Gasteiger partial charge in [-0.25, -0.2) is 0 Å². The molecule has 1 fully saturated rings. The van der Waals surface area contributed by atoms with Crippen LogP contribution >= 0.6 is 0 Å².